The van der Waals surface area contributed by atoms with Crippen molar-refractivity contribution in [3.8, 4) is 0 Å². The Balaban J connectivity index is 1.69. The highest BCUT2D eigenvalue weighted by Crippen LogP contribution is 2.13. The normalized spacial score (nSPS) is 26.5. The lowest BCUT2D eigenvalue weighted by molar-refractivity contribution is 0.0993. The van der Waals surface area contributed by atoms with Gasteiger partial charge in [-0.25, -0.2) is 9.59 Å². The predicted octanol–water partition coefficient (Wildman–Crippen LogP) is -0.206. The Hall–Kier alpha value is -1.55. The maximum absolute atomic E-state index is 11.5. The van der Waals surface area contributed by atoms with Crippen molar-refractivity contribution in [2.75, 3.05) is 25.6 Å². The molecule has 0 bridgehead atoms. The fourth-order valence-electron chi connectivity index (χ4n) is 1.47. The first-order chi connectivity index (χ1) is 8.94. The van der Waals surface area contributed by atoms with Crippen LogP contribution in [-0.2, 0) is 33.2 Å². The van der Waals surface area contributed by atoms with Crippen molar-refractivity contribution in [3.63, 3.8) is 0 Å². The average Bonchev–Trinajstić information content (AvgIpc) is 2.93. The lowest BCUT2D eigenvalue weighted by Gasteiger charge is -2.09. The minimum atomic E-state index is -3.79. The number of cyclic esters (lactones) is 4. The van der Waals surface area contributed by atoms with Crippen LogP contribution >= 0.6 is 0 Å². The highest BCUT2D eigenvalue weighted by atomic mass is 32.2. The molecule has 108 valence electrons. The van der Waals surface area contributed by atoms with Crippen molar-refractivity contribution in [3.05, 3.63) is 0 Å². The minimum Gasteiger partial charge on any atom is -0.430 e. The van der Waals surface area contributed by atoms with Gasteiger partial charge in [-0.15, -0.1) is 0 Å². The third kappa shape index (κ3) is 4.24. The molecule has 0 saturated carbocycles. The van der Waals surface area contributed by atoms with Gasteiger partial charge in [-0.1, -0.05) is 0 Å². The Labute approximate surface area is 108 Å². The van der Waals surface area contributed by atoms with E-state index in [9.17, 15) is 18.0 Å². The van der Waals surface area contributed by atoms with Crippen LogP contribution in [0, 0.1) is 0 Å². The van der Waals surface area contributed by atoms with E-state index in [1.54, 1.807) is 0 Å². The third-order valence-corrected chi connectivity index (χ3v) is 3.65. The maximum atomic E-state index is 11.5. The Morgan fingerprint density at radius 2 is 1.63 bits per heavy atom. The van der Waals surface area contributed by atoms with Crippen molar-refractivity contribution in [2.45, 2.75) is 18.6 Å². The van der Waals surface area contributed by atoms with E-state index >= 15 is 0 Å². The summed E-state index contributed by atoms with van der Waals surface area (Å²) in [5.41, 5.74) is 0. The topological polar surface area (TPSA) is 114 Å². The van der Waals surface area contributed by atoms with Crippen LogP contribution in [0.25, 0.3) is 0 Å². The molecule has 0 amide bonds. The first-order valence-corrected chi connectivity index (χ1v) is 7.06. The summed E-state index contributed by atoms with van der Waals surface area (Å²) in [5.74, 6) is -0.324. The smallest absolute Gasteiger partial charge is 0.430 e. The van der Waals surface area contributed by atoms with E-state index in [1.807, 2.05) is 0 Å². The van der Waals surface area contributed by atoms with Gasteiger partial charge in [0.05, 0.1) is 5.75 Å². The molecule has 0 N–H and O–H groups in total. The molecule has 0 aromatic rings. The van der Waals surface area contributed by atoms with Crippen LogP contribution in [-0.4, -0.2) is 58.5 Å². The Morgan fingerprint density at radius 1 is 1.05 bits per heavy atom. The molecule has 0 aromatic carbocycles. The molecular weight excluding hydrogens is 284 g/mol. The second-order valence-electron chi connectivity index (χ2n) is 3.94. The number of hydrogen-bond acceptors (Lipinski definition) is 9. The average molecular weight is 296 g/mol. The van der Waals surface area contributed by atoms with Crippen molar-refractivity contribution >= 4 is 22.4 Å². The molecule has 10 heteroatoms. The van der Waals surface area contributed by atoms with Gasteiger partial charge in [0.1, 0.15) is 25.9 Å². The highest BCUT2D eigenvalue weighted by Gasteiger charge is 2.29. The second-order valence-corrected chi connectivity index (χ2v) is 5.70. The summed E-state index contributed by atoms with van der Waals surface area (Å²) in [6.45, 7) is -0.306. The summed E-state index contributed by atoms with van der Waals surface area (Å²) in [7, 11) is -3.79. The molecule has 2 aliphatic heterocycles. The van der Waals surface area contributed by atoms with Crippen LogP contribution in [0.4, 0.5) is 9.59 Å². The maximum Gasteiger partial charge on any atom is 0.508 e. The molecule has 2 saturated heterocycles. The molecule has 0 aliphatic carbocycles. The molecule has 2 unspecified atom stereocenters. The molecule has 0 radical (unpaired) electrons. The molecule has 0 spiro atoms. The molecule has 2 fully saturated rings. The number of carbonyl (C=O) groups is 2. The fourth-order valence-corrected chi connectivity index (χ4v) is 2.50. The molecule has 19 heavy (non-hydrogen) atoms. The molecule has 2 heterocycles. The van der Waals surface area contributed by atoms with E-state index in [0.717, 1.165) is 0 Å². The summed E-state index contributed by atoms with van der Waals surface area (Å²) in [6, 6.07) is 0. The van der Waals surface area contributed by atoms with E-state index in [-0.39, 0.29) is 32.0 Å². The quantitative estimate of drug-likeness (QED) is 0.485. The Bertz CT molecular complexity index is 420. The highest BCUT2D eigenvalue weighted by molar-refractivity contribution is 7.86. The van der Waals surface area contributed by atoms with Gasteiger partial charge in [-0.05, 0) is 0 Å². The Kier molecular flexibility index (Phi) is 4.10. The zero-order valence-corrected chi connectivity index (χ0v) is 10.6. The molecule has 2 rings (SSSR count). The lowest BCUT2D eigenvalue weighted by atomic mass is 10.3. The molecule has 9 nitrogen and oxygen atoms in total. The second kappa shape index (κ2) is 5.61. The van der Waals surface area contributed by atoms with E-state index in [0.29, 0.717) is 0 Å². The van der Waals surface area contributed by atoms with Gasteiger partial charge >= 0.3 is 12.3 Å². The summed E-state index contributed by atoms with van der Waals surface area (Å²) in [6.07, 6.45) is -2.89. The van der Waals surface area contributed by atoms with Crippen LogP contribution in [0.2, 0.25) is 0 Å². The fraction of sp³-hybridized carbons (Fsp3) is 0.778. The van der Waals surface area contributed by atoms with Gasteiger partial charge in [-0.2, -0.15) is 8.42 Å². The third-order valence-electron chi connectivity index (χ3n) is 2.42. The van der Waals surface area contributed by atoms with E-state index < -0.39 is 34.6 Å². The predicted molar refractivity (Wildman–Crippen MR) is 56.8 cm³/mol. The van der Waals surface area contributed by atoms with E-state index in [4.69, 9.17) is 0 Å². The first-order valence-electron chi connectivity index (χ1n) is 5.48. The largest absolute Gasteiger partial charge is 0.508 e. The zero-order chi connectivity index (χ0) is 13.9. The molecule has 0 aromatic heterocycles. The van der Waals surface area contributed by atoms with Crippen molar-refractivity contribution in [1.82, 2.24) is 0 Å². The summed E-state index contributed by atoms with van der Waals surface area (Å²) < 4.78 is 46.0. The monoisotopic (exact) mass is 296 g/mol. The van der Waals surface area contributed by atoms with Crippen molar-refractivity contribution in [2.24, 2.45) is 0 Å². The summed E-state index contributed by atoms with van der Waals surface area (Å²) in [5, 5.41) is 0. The number of ether oxygens (including phenoxy) is 4. The molecule has 2 aliphatic rings. The number of rotatable bonds is 6. The van der Waals surface area contributed by atoms with Gasteiger partial charge < -0.3 is 18.9 Å². The van der Waals surface area contributed by atoms with Gasteiger partial charge in [0.15, 0.2) is 6.10 Å². The van der Waals surface area contributed by atoms with Crippen molar-refractivity contribution in [1.29, 1.82) is 0 Å². The first kappa shape index (κ1) is 13.9. The van der Waals surface area contributed by atoms with Crippen LogP contribution in [0.3, 0.4) is 0 Å². The van der Waals surface area contributed by atoms with Gasteiger partial charge in [-0.3, -0.25) is 4.18 Å². The van der Waals surface area contributed by atoms with Crippen LogP contribution in [0.15, 0.2) is 0 Å². The van der Waals surface area contributed by atoms with Gasteiger partial charge in [0, 0.05) is 6.42 Å². The lowest BCUT2D eigenvalue weighted by Crippen LogP contribution is -2.24. The standard InChI is InChI=1S/C9H12O9S/c10-8-14-3-6(17-8)1-2-19(12,13)16-5-7-4-15-9(11)18-7/h6-7H,1-5H2. The minimum absolute atomic E-state index is 0.0302. The number of carbonyl (C=O) groups excluding carboxylic acids is 2. The number of hydrogen-bond donors (Lipinski definition) is 0. The van der Waals surface area contributed by atoms with Crippen LogP contribution < -0.4 is 0 Å². The SMILES string of the molecule is O=C1OCC(CCS(=O)(=O)OCC2COC(=O)O2)O1. The van der Waals surface area contributed by atoms with Crippen molar-refractivity contribution < 1.29 is 41.1 Å². The van der Waals surface area contributed by atoms with E-state index in [1.165, 1.54) is 0 Å². The van der Waals surface area contributed by atoms with Gasteiger partial charge in [0.2, 0.25) is 0 Å². The van der Waals surface area contributed by atoms with E-state index in [2.05, 4.69) is 23.1 Å². The molecular formula is C9H12O9S. The zero-order valence-electron chi connectivity index (χ0n) is 9.77. The van der Waals surface area contributed by atoms with Crippen LogP contribution in [0.1, 0.15) is 6.42 Å². The van der Waals surface area contributed by atoms with Crippen LogP contribution in [0.5, 0.6) is 0 Å². The Morgan fingerprint density at radius 3 is 2.16 bits per heavy atom. The summed E-state index contributed by atoms with van der Waals surface area (Å²) >= 11 is 0. The van der Waals surface area contributed by atoms with Gasteiger partial charge in [0.25, 0.3) is 10.1 Å². The molecule has 2 atom stereocenters. The summed E-state index contributed by atoms with van der Waals surface area (Å²) in [4.78, 5) is 21.2.